The van der Waals surface area contributed by atoms with E-state index in [9.17, 15) is 14.4 Å². The second-order valence-corrected chi connectivity index (χ2v) is 6.11. The minimum absolute atomic E-state index is 0.257. The lowest BCUT2D eigenvalue weighted by Crippen LogP contribution is -2.17. The van der Waals surface area contributed by atoms with Gasteiger partial charge in [-0.25, -0.2) is 4.79 Å². The quantitative estimate of drug-likeness (QED) is 0.597. The fraction of sp³-hybridized carbons (Fsp3) is 0.214. The number of amides is 2. The van der Waals surface area contributed by atoms with Crippen molar-refractivity contribution in [1.82, 2.24) is 5.32 Å². The molecule has 1 fully saturated rings. The molecule has 2 amide bonds. The molecule has 0 atom stereocenters. The van der Waals surface area contributed by atoms with Crippen molar-refractivity contribution in [3.63, 3.8) is 0 Å². The molecule has 1 aromatic rings. The summed E-state index contributed by atoms with van der Waals surface area (Å²) in [5.74, 6) is -0.256. The van der Waals surface area contributed by atoms with Crippen LogP contribution in [0.1, 0.15) is 5.56 Å². The molecule has 1 aromatic carbocycles. The minimum atomic E-state index is -0.521. The number of hydrogen-bond donors (Lipinski definition) is 1. The van der Waals surface area contributed by atoms with E-state index in [2.05, 4.69) is 26.0 Å². The molecular formula is C14H12BrNO6S. The van der Waals surface area contributed by atoms with Gasteiger partial charge in [0.15, 0.2) is 18.1 Å². The second kappa shape index (κ2) is 7.51. The molecular weight excluding hydrogens is 390 g/mol. The van der Waals surface area contributed by atoms with Crippen molar-refractivity contribution < 1.29 is 28.6 Å². The number of imide groups is 1. The van der Waals surface area contributed by atoms with Crippen LogP contribution in [0.5, 0.6) is 11.5 Å². The van der Waals surface area contributed by atoms with Crippen LogP contribution >= 0.6 is 27.7 Å². The summed E-state index contributed by atoms with van der Waals surface area (Å²) in [6, 6.07) is 3.23. The summed E-state index contributed by atoms with van der Waals surface area (Å²) in [6.45, 7) is -0.257. The van der Waals surface area contributed by atoms with Gasteiger partial charge in [-0.05, 0) is 35.5 Å². The highest BCUT2D eigenvalue weighted by molar-refractivity contribution is 9.10. The monoisotopic (exact) mass is 401 g/mol. The molecule has 1 saturated heterocycles. The largest absolute Gasteiger partial charge is 0.493 e. The predicted octanol–water partition coefficient (Wildman–Crippen LogP) is 2.33. The van der Waals surface area contributed by atoms with Crippen LogP contribution in [0.4, 0.5) is 4.79 Å². The Morgan fingerprint density at radius 3 is 2.61 bits per heavy atom. The van der Waals surface area contributed by atoms with Crippen LogP contribution in [0.25, 0.3) is 6.08 Å². The molecule has 0 bridgehead atoms. The number of carbonyl (C=O) groups excluding carboxylic acids is 3. The normalized spacial score (nSPS) is 15.5. The van der Waals surface area contributed by atoms with E-state index in [1.54, 1.807) is 18.2 Å². The van der Waals surface area contributed by atoms with Gasteiger partial charge in [0.1, 0.15) is 0 Å². The van der Waals surface area contributed by atoms with E-state index in [-0.39, 0.29) is 11.5 Å². The van der Waals surface area contributed by atoms with Crippen molar-refractivity contribution in [3.05, 3.63) is 27.1 Å². The highest BCUT2D eigenvalue weighted by Gasteiger charge is 2.25. The summed E-state index contributed by atoms with van der Waals surface area (Å²) in [6.07, 6.45) is 1.56. The smallest absolute Gasteiger partial charge is 0.343 e. The maximum atomic E-state index is 11.6. The summed E-state index contributed by atoms with van der Waals surface area (Å²) >= 11 is 4.17. The number of ether oxygens (including phenoxy) is 3. The van der Waals surface area contributed by atoms with E-state index in [0.717, 1.165) is 11.8 Å². The minimum Gasteiger partial charge on any atom is -0.493 e. The first-order valence-electron chi connectivity index (χ1n) is 6.26. The molecule has 0 unspecified atom stereocenters. The molecule has 0 saturated carbocycles. The van der Waals surface area contributed by atoms with Crippen molar-refractivity contribution in [2.75, 3.05) is 20.8 Å². The van der Waals surface area contributed by atoms with Crippen LogP contribution in [0, 0.1) is 0 Å². The first kappa shape index (κ1) is 17.4. The number of nitrogens with one attached hydrogen (secondary N) is 1. The summed E-state index contributed by atoms with van der Waals surface area (Å²) in [4.78, 5) is 34.2. The standard InChI is InChI=1S/C14H12BrNO6S/c1-20-9-3-7(4-11-13(18)16-14(19)23-11)8(15)5-10(9)22-6-12(17)21-2/h3-5H,6H2,1-2H3,(H,16,18,19)/b11-4-. The second-order valence-electron chi connectivity index (χ2n) is 4.24. The van der Waals surface area contributed by atoms with E-state index in [4.69, 9.17) is 9.47 Å². The predicted molar refractivity (Wildman–Crippen MR) is 87.3 cm³/mol. The third-order valence-corrected chi connectivity index (χ3v) is 4.28. The van der Waals surface area contributed by atoms with Gasteiger partial charge in [-0.3, -0.25) is 14.9 Å². The van der Waals surface area contributed by atoms with Gasteiger partial charge in [-0.1, -0.05) is 15.9 Å². The Morgan fingerprint density at radius 2 is 2.04 bits per heavy atom. The van der Waals surface area contributed by atoms with Gasteiger partial charge in [0.25, 0.3) is 11.1 Å². The zero-order chi connectivity index (χ0) is 17.0. The summed E-state index contributed by atoms with van der Waals surface area (Å²) in [5.41, 5.74) is 0.625. The number of rotatable bonds is 5. The van der Waals surface area contributed by atoms with Crippen LogP contribution in [-0.4, -0.2) is 37.9 Å². The van der Waals surface area contributed by atoms with Crippen molar-refractivity contribution in [2.45, 2.75) is 0 Å². The van der Waals surface area contributed by atoms with Gasteiger partial charge >= 0.3 is 5.97 Å². The third-order valence-electron chi connectivity index (χ3n) is 2.78. The Morgan fingerprint density at radius 1 is 1.30 bits per heavy atom. The maximum absolute atomic E-state index is 11.6. The van der Waals surface area contributed by atoms with E-state index < -0.39 is 17.1 Å². The molecule has 2 rings (SSSR count). The maximum Gasteiger partial charge on any atom is 0.343 e. The van der Waals surface area contributed by atoms with Crippen LogP contribution in [-0.2, 0) is 14.3 Å². The van der Waals surface area contributed by atoms with E-state index >= 15 is 0 Å². The molecule has 7 nitrogen and oxygen atoms in total. The molecule has 0 aromatic heterocycles. The lowest BCUT2D eigenvalue weighted by Gasteiger charge is -2.12. The third kappa shape index (κ3) is 4.26. The lowest BCUT2D eigenvalue weighted by atomic mass is 10.2. The number of esters is 1. The molecule has 1 aliphatic heterocycles. The zero-order valence-electron chi connectivity index (χ0n) is 12.2. The Kier molecular flexibility index (Phi) is 5.67. The Hall–Kier alpha value is -2.00. The number of benzene rings is 1. The van der Waals surface area contributed by atoms with Crippen molar-refractivity contribution in [2.24, 2.45) is 0 Å². The molecule has 23 heavy (non-hydrogen) atoms. The van der Waals surface area contributed by atoms with Gasteiger partial charge in [-0.2, -0.15) is 0 Å². The molecule has 0 radical (unpaired) electrons. The van der Waals surface area contributed by atoms with E-state index in [1.165, 1.54) is 14.2 Å². The first-order valence-corrected chi connectivity index (χ1v) is 7.87. The van der Waals surface area contributed by atoms with Gasteiger partial charge < -0.3 is 14.2 Å². The number of halogens is 1. The fourth-order valence-electron chi connectivity index (χ4n) is 1.69. The average Bonchev–Trinajstić information content (AvgIpc) is 2.84. The van der Waals surface area contributed by atoms with Gasteiger partial charge in [0.05, 0.1) is 19.1 Å². The fourth-order valence-corrected chi connectivity index (χ4v) is 2.80. The molecule has 0 aliphatic carbocycles. The molecule has 1 N–H and O–H groups in total. The number of thioether (sulfide) groups is 1. The summed E-state index contributed by atoms with van der Waals surface area (Å²) < 4.78 is 15.7. The van der Waals surface area contributed by atoms with E-state index in [1.807, 2.05) is 0 Å². The molecule has 0 spiro atoms. The van der Waals surface area contributed by atoms with Crippen molar-refractivity contribution >= 4 is 50.9 Å². The summed E-state index contributed by atoms with van der Waals surface area (Å²) in [7, 11) is 2.71. The summed E-state index contributed by atoms with van der Waals surface area (Å²) in [5, 5.41) is 1.77. The topological polar surface area (TPSA) is 90.9 Å². The number of methoxy groups -OCH3 is 2. The van der Waals surface area contributed by atoms with Gasteiger partial charge in [-0.15, -0.1) is 0 Å². The molecule has 122 valence electrons. The van der Waals surface area contributed by atoms with Gasteiger partial charge in [0, 0.05) is 4.47 Å². The SMILES string of the molecule is COC(=O)COc1cc(Br)c(/C=C2\SC(=O)NC2=O)cc1OC. The van der Waals surface area contributed by atoms with Crippen LogP contribution in [0.3, 0.4) is 0 Å². The molecule has 1 heterocycles. The first-order chi connectivity index (χ1) is 10.9. The average molecular weight is 402 g/mol. The molecule has 1 aliphatic rings. The molecule has 9 heteroatoms. The van der Waals surface area contributed by atoms with E-state index in [0.29, 0.717) is 21.5 Å². The Bertz CT molecular complexity index is 703. The Balaban J connectivity index is 2.29. The zero-order valence-corrected chi connectivity index (χ0v) is 14.6. The highest BCUT2D eigenvalue weighted by Crippen LogP contribution is 2.36. The van der Waals surface area contributed by atoms with Crippen molar-refractivity contribution in [1.29, 1.82) is 0 Å². The van der Waals surface area contributed by atoms with Crippen molar-refractivity contribution in [3.8, 4) is 11.5 Å². The Labute approximate surface area is 144 Å². The lowest BCUT2D eigenvalue weighted by molar-refractivity contribution is -0.142. The number of carbonyl (C=O) groups is 3. The van der Waals surface area contributed by atoms with Crippen LogP contribution in [0.15, 0.2) is 21.5 Å². The van der Waals surface area contributed by atoms with Crippen LogP contribution < -0.4 is 14.8 Å². The van der Waals surface area contributed by atoms with Crippen LogP contribution in [0.2, 0.25) is 0 Å². The number of hydrogen-bond acceptors (Lipinski definition) is 7. The van der Waals surface area contributed by atoms with Gasteiger partial charge in [0.2, 0.25) is 0 Å². The highest BCUT2D eigenvalue weighted by atomic mass is 79.9.